The SMILES string of the molecule is COC(=O)c1c(CSc2nnc(C(F)(F)F)n2N)nc2ccccc2c1-c1ccccc1. The Morgan fingerprint density at radius 3 is 2.44 bits per heavy atom. The molecule has 0 saturated heterocycles. The number of alkyl halides is 3. The Kier molecular flexibility index (Phi) is 5.74. The maximum absolute atomic E-state index is 13.0. The highest BCUT2D eigenvalue weighted by molar-refractivity contribution is 7.98. The standard InChI is InChI=1S/C21H16F3N5O2S/c1-31-18(30)17-15(11-32-20-28-27-19(29(20)25)21(22,23)24)26-14-10-6-5-9-13(14)16(17)12-7-3-2-4-8-12/h2-10H,11,25H2,1H3. The lowest BCUT2D eigenvalue weighted by Gasteiger charge is -2.16. The largest absolute Gasteiger partial charge is 0.465 e. The smallest absolute Gasteiger partial charge is 0.453 e. The van der Waals surface area contributed by atoms with E-state index >= 15 is 0 Å². The van der Waals surface area contributed by atoms with Gasteiger partial charge in [0.05, 0.1) is 23.9 Å². The second-order valence-electron chi connectivity index (χ2n) is 6.65. The molecule has 2 heterocycles. The number of carbonyl (C=O) groups excluding carboxylic acids is 1. The van der Waals surface area contributed by atoms with Crippen molar-refractivity contribution in [3.8, 4) is 11.1 Å². The van der Waals surface area contributed by atoms with Gasteiger partial charge in [-0.15, -0.1) is 10.2 Å². The first kappa shape index (κ1) is 21.6. The molecular formula is C21H16F3N5O2S. The number of para-hydroxylation sites is 1. The Hall–Kier alpha value is -3.60. The van der Waals surface area contributed by atoms with E-state index in [0.717, 1.165) is 22.7 Å². The number of esters is 1. The summed E-state index contributed by atoms with van der Waals surface area (Å²) >= 11 is 0.886. The molecule has 164 valence electrons. The summed E-state index contributed by atoms with van der Waals surface area (Å²) in [6.07, 6.45) is -4.74. The van der Waals surface area contributed by atoms with Crippen LogP contribution in [0.25, 0.3) is 22.0 Å². The van der Waals surface area contributed by atoms with Crippen molar-refractivity contribution in [2.45, 2.75) is 17.1 Å². The normalized spacial score (nSPS) is 11.6. The lowest BCUT2D eigenvalue weighted by Crippen LogP contribution is -2.21. The minimum Gasteiger partial charge on any atom is -0.465 e. The fourth-order valence-electron chi connectivity index (χ4n) is 3.30. The molecule has 2 aromatic heterocycles. The Labute approximate surface area is 184 Å². The Bertz CT molecular complexity index is 1290. The molecule has 0 radical (unpaired) electrons. The molecule has 0 aliphatic rings. The number of nitrogens with zero attached hydrogens (tertiary/aromatic N) is 4. The Morgan fingerprint density at radius 1 is 1.09 bits per heavy atom. The number of fused-ring (bicyclic) bond motifs is 1. The van der Waals surface area contributed by atoms with Gasteiger partial charge in [-0.3, -0.25) is 4.98 Å². The topological polar surface area (TPSA) is 95.9 Å². The molecule has 32 heavy (non-hydrogen) atoms. The van der Waals surface area contributed by atoms with E-state index in [1.807, 2.05) is 48.5 Å². The molecule has 7 nitrogen and oxygen atoms in total. The molecule has 0 spiro atoms. The van der Waals surface area contributed by atoms with Gasteiger partial charge in [0.15, 0.2) is 0 Å². The Balaban J connectivity index is 1.85. The van der Waals surface area contributed by atoms with Gasteiger partial charge in [-0.05, 0) is 11.6 Å². The zero-order valence-corrected chi connectivity index (χ0v) is 17.4. The number of hydrogen-bond acceptors (Lipinski definition) is 7. The number of ether oxygens (including phenoxy) is 1. The van der Waals surface area contributed by atoms with E-state index in [9.17, 15) is 18.0 Å². The van der Waals surface area contributed by atoms with E-state index in [1.54, 1.807) is 6.07 Å². The molecule has 11 heteroatoms. The molecule has 0 amide bonds. The average molecular weight is 459 g/mol. The molecule has 0 unspecified atom stereocenters. The Morgan fingerprint density at radius 2 is 1.78 bits per heavy atom. The van der Waals surface area contributed by atoms with Crippen LogP contribution < -0.4 is 5.84 Å². The number of hydrogen-bond donors (Lipinski definition) is 1. The third-order valence-electron chi connectivity index (χ3n) is 4.68. The van der Waals surface area contributed by atoms with Crippen molar-refractivity contribution in [1.29, 1.82) is 0 Å². The number of carbonyl (C=O) groups is 1. The van der Waals surface area contributed by atoms with Crippen molar-refractivity contribution in [1.82, 2.24) is 19.9 Å². The number of nitrogen functional groups attached to an aromatic ring is 1. The van der Waals surface area contributed by atoms with Crippen LogP contribution in [0.5, 0.6) is 0 Å². The summed E-state index contributed by atoms with van der Waals surface area (Å²) in [5.41, 5.74) is 2.59. The van der Waals surface area contributed by atoms with E-state index in [4.69, 9.17) is 10.6 Å². The number of nitrogens with two attached hydrogens (primary N) is 1. The van der Waals surface area contributed by atoms with Crippen LogP contribution in [0.4, 0.5) is 13.2 Å². The van der Waals surface area contributed by atoms with Gasteiger partial charge in [0.25, 0.3) is 5.82 Å². The van der Waals surface area contributed by atoms with Gasteiger partial charge in [-0.25, -0.2) is 9.47 Å². The molecule has 2 N–H and O–H groups in total. The zero-order valence-electron chi connectivity index (χ0n) is 16.6. The first-order valence-corrected chi connectivity index (χ1v) is 10.3. The lowest BCUT2D eigenvalue weighted by molar-refractivity contribution is -0.146. The van der Waals surface area contributed by atoms with Gasteiger partial charge in [-0.1, -0.05) is 60.3 Å². The first-order chi connectivity index (χ1) is 15.3. The second kappa shape index (κ2) is 8.50. The van der Waals surface area contributed by atoms with Gasteiger partial charge in [-0.2, -0.15) is 13.2 Å². The lowest BCUT2D eigenvalue weighted by atomic mass is 9.94. The van der Waals surface area contributed by atoms with Crippen LogP contribution in [0.1, 0.15) is 21.9 Å². The predicted molar refractivity (Wildman–Crippen MR) is 113 cm³/mol. The van der Waals surface area contributed by atoms with Crippen LogP contribution in [0.3, 0.4) is 0 Å². The summed E-state index contributed by atoms with van der Waals surface area (Å²) < 4.78 is 44.3. The number of halogens is 3. The fraction of sp³-hybridized carbons (Fsp3) is 0.143. The summed E-state index contributed by atoms with van der Waals surface area (Å²) in [7, 11) is 1.26. The molecule has 0 bridgehead atoms. The van der Waals surface area contributed by atoms with Crippen LogP contribution in [-0.2, 0) is 16.7 Å². The monoisotopic (exact) mass is 459 g/mol. The van der Waals surface area contributed by atoms with Crippen LogP contribution in [0.15, 0.2) is 59.8 Å². The van der Waals surface area contributed by atoms with Gasteiger partial charge in [0.1, 0.15) is 0 Å². The minimum atomic E-state index is -4.74. The highest BCUT2D eigenvalue weighted by atomic mass is 32.2. The molecule has 0 atom stereocenters. The van der Waals surface area contributed by atoms with E-state index in [1.165, 1.54) is 7.11 Å². The van der Waals surface area contributed by atoms with Crippen molar-refractivity contribution in [3.63, 3.8) is 0 Å². The third-order valence-corrected chi connectivity index (χ3v) is 5.63. The quantitative estimate of drug-likeness (QED) is 0.270. The number of methoxy groups -OCH3 is 1. The van der Waals surface area contributed by atoms with Gasteiger partial charge >= 0.3 is 12.1 Å². The maximum atomic E-state index is 13.0. The number of aromatic nitrogens is 4. The van der Waals surface area contributed by atoms with Crippen molar-refractivity contribution in [2.24, 2.45) is 0 Å². The van der Waals surface area contributed by atoms with Crippen molar-refractivity contribution in [3.05, 3.63) is 71.7 Å². The summed E-state index contributed by atoms with van der Waals surface area (Å²) in [5, 5.41) is 7.22. The summed E-state index contributed by atoms with van der Waals surface area (Å²) in [4.78, 5) is 17.4. The molecule has 4 rings (SSSR count). The van der Waals surface area contributed by atoms with Crippen LogP contribution in [-0.4, -0.2) is 32.9 Å². The summed E-state index contributed by atoms with van der Waals surface area (Å²) in [6, 6.07) is 16.5. The molecule has 2 aromatic carbocycles. The molecular weight excluding hydrogens is 443 g/mol. The van der Waals surface area contributed by atoms with Gasteiger partial charge in [0, 0.05) is 16.7 Å². The average Bonchev–Trinajstić information content (AvgIpc) is 3.17. The summed E-state index contributed by atoms with van der Waals surface area (Å²) in [5.74, 6) is 3.62. The highest BCUT2D eigenvalue weighted by Gasteiger charge is 2.38. The summed E-state index contributed by atoms with van der Waals surface area (Å²) in [6.45, 7) is 0. The zero-order chi connectivity index (χ0) is 22.9. The fourth-order valence-corrected chi connectivity index (χ4v) is 4.09. The molecule has 0 aliphatic heterocycles. The van der Waals surface area contributed by atoms with Crippen LogP contribution in [0.2, 0.25) is 0 Å². The van der Waals surface area contributed by atoms with Crippen molar-refractivity contribution >= 4 is 28.6 Å². The van der Waals surface area contributed by atoms with E-state index in [-0.39, 0.29) is 16.5 Å². The third kappa shape index (κ3) is 3.98. The van der Waals surface area contributed by atoms with E-state index < -0.39 is 18.0 Å². The second-order valence-corrected chi connectivity index (χ2v) is 7.59. The number of rotatable bonds is 5. The number of benzene rings is 2. The van der Waals surface area contributed by atoms with Crippen molar-refractivity contribution in [2.75, 3.05) is 13.0 Å². The van der Waals surface area contributed by atoms with Crippen molar-refractivity contribution < 1.29 is 22.7 Å². The molecule has 0 aliphatic carbocycles. The van der Waals surface area contributed by atoms with Crippen LogP contribution in [0, 0.1) is 0 Å². The first-order valence-electron chi connectivity index (χ1n) is 9.27. The molecule has 0 fully saturated rings. The van der Waals surface area contributed by atoms with E-state index in [0.29, 0.717) is 21.5 Å². The number of thioether (sulfide) groups is 1. The van der Waals surface area contributed by atoms with E-state index in [2.05, 4.69) is 15.2 Å². The van der Waals surface area contributed by atoms with Gasteiger partial charge in [0.2, 0.25) is 5.16 Å². The molecule has 4 aromatic rings. The maximum Gasteiger partial charge on any atom is 0.453 e. The van der Waals surface area contributed by atoms with Gasteiger partial charge < -0.3 is 10.6 Å². The minimum absolute atomic E-state index is 0.0162. The predicted octanol–water partition coefficient (Wildman–Crippen LogP) is 4.30. The molecule has 0 saturated carbocycles. The highest BCUT2D eigenvalue weighted by Crippen LogP contribution is 2.36. The number of pyridine rings is 1. The van der Waals surface area contributed by atoms with Crippen LogP contribution >= 0.6 is 11.8 Å².